The Bertz CT molecular complexity index is 468. The predicted octanol–water partition coefficient (Wildman–Crippen LogP) is 3.57. The second-order valence-electron chi connectivity index (χ2n) is 7.04. The number of benzene rings is 1. The highest BCUT2D eigenvalue weighted by atomic mass is 16.6. The monoisotopic (exact) mass is 304 g/mol. The Morgan fingerprint density at radius 2 is 1.95 bits per heavy atom. The number of alkyl carbamates (subject to hydrolysis) is 1. The van der Waals surface area contributed by atoms with E-state index in [0.717, 1.165) is 38.9 Å². The van der Waals surface area contributed by atoms with Gasteiger partial charge >= 0.3 is 6.09 Å². The average Bonchev–Trinajstić information content (AvgIpc) is 2.63. The number of amides is 1. The van der Waals surface area contributed by atoms with Crippen molar-refractivity contribution in [1.82, 2.24) is 10.2 Å². The molecule has 2 rings (SSSR count). The standard InChI is InChI=1S/C18H28N2O2/c1-18(2,3)22-17(21)19-16-10-7-12-20(13-11-16)14-15-8-5-4-6-9-15/h4-6,8-9,16H,7,10-14H2,1-3H3,(H,19,21). The SMILES string of the molecule is CC(C)(C)OC(=O)NC1CCCN(Cc2ccccc2)CC1. The van der Waals surface area contributed by atoms with Crippen molar-refractivity contribution in [3.8, 4) is 0 Å². The molecule has 1 aliphatic heterocycles. The van der Waals surface area contributed by atoms with Crippen molar-refractivity contribution >= 4 is 6.09 Å². The first-order valence-electron chi connectivity index (χ1n) is 8.18. The minimum Gasteiger partial charge on any atom is -0.444 e. The summed E-state index contributed by atoms with van der Waals surface area (Å²) in [7, 11) is 0. The van der Waals surface area contributed by atoms with E-state index in [1.54, 1.807) is 0 Å². The molecule has 1 amide bonds. The molecule has 1 aliphatic rings. The Kier molecular flexibility index (Phi) is 5.83. The molecule has 1 saturated heterocycles. The number of hydrogen-bond donors (Lipinski definition) is 1. The highest BCUT2D eigenvalue weighted by Gasteiger charge is 2.22. The van der Waals surface area contributed by atoms with Gasteiger partial charge in [0.05, 0.1) is 0 Å². The Morgan fingerprint density at radius 1 is 1.23 bits per heavy atom. The van der Waals surface area contributed by atoms with Crippen LogP contribution < -0.4 is 5.32 Å². The van der Waals surface area contributed by atoms with Gasteiger partial charge in [-0.3, -0.25) is 4.90 Å². The predicted molar refractivity (Wildman–Crippen MR) is 88.7 cm³/mol. The number of likely N-dealkylation sites (tertiary alicyclic amines) is 1. The summed E-state index contributed by atoms with van der Waals surface area (Å²) in [6, 6.07) is 10.8. The molecular formula is C18H28N2O2. The molecule has 1 aromatic rings. The van der Waals surface area contributed by atoms with Crippen molar-refractivity contribution in [2.45, 2.75) is 58.2 Å². The van der Waals surface area contributed by atoms with Crippen LogP contribution in [0.3, 0.4) is 0 Å². The van der Waals surface area contributed by atoms with Gasteiger partial charge in [0.2, 0.25) is 0 Å². The number of nitrogens with one attached hydrogen (secondary N) is 1. The highest BCUT2D eigenvalue weighted by molar-refractivity contribution is 5.68. The highest BCUT2D eigenvalue weighted by Crippen LogP contribution is 2.15. The van der Waals surface area contributed by atoms with E-state index in [2.05, 4.69) is 34.5 Å². The number of carbonyl (C=O) groups excluding carboxylic acids is 1. The lowest BCUT2D eigenvalue weighted by Gasteiger charge is -2.23. The van der Waals surface area contributed by atoms with E-state index in [1.807, 2.05) is 26.8 Å². The van der Waals surface area contributed by atoms with E-state index in [4.69, 9.17) is 4.74 Å². The second kappa shape index (κ2) is 7.63. The third-order valence-corrected chi connectivity index (χ3v) is 3.79. The van der Waals surface area contributed by atoms with Gasteiger partial charge in [-0.1, -0.05) is 30.3 Å². The summed E-state index contributed by atoms with van der Waals surface area (Å²) in [6.07, 6.45) is 2.80. The smallest absolute Gasteiger partial charge is 0.407 e. The molecule has 4 heteroatoms. The molecule has 1 N–H and O–H groups in total. The number of ether oxygens (including phenoxy) is 1. The van der Waals surface area contributed by atoms with Crippen LogP contribution in [0.4, 0.5) is 4.79 Å². The molecule has 1 fully saturated rings. The van der Waals surface area contributed by atoms with Crippen LogP contribution in [0.25, 0.3) is 0 Å². The molecule has 0 bridgehead atoms. The van der Waals surface area contributed by atoms with Gasteiger partial charge in [0.25, 0.3) is 0 Å². The Hall–Kier alpha value is -1.55. The number of carbonyl (C=O) groups is 1. The molecule has 1 heterocycles. The van der Waals surface area contributed by atoms with Crippen LogP contribution in [0.15, 0.2) is 30.3 Å². The maximum atomic E-state index is 11.9. The first-order chi connectivity index (χ1) is 10.4. The zero-order valence-corrected chi connectivity index (χ0v) is 14.0. The van der Waals surface area contributed by atoms with Crippen LogP contribution in [0.2, 0.25) is 0 Å². The minimum atomic E-state index is -0.436. The summed E-state index contributed by atoms with van der Waals surface area (Å²) in [4.78, 5) is 14.3. The van der Waals surface area contributed by atoms with E-state index in [-0.39, 0.29) is 12.1 Å². The lowest BCUT2D eigenvalue weighted by atomic mass is 10.1. The van der Waals surface area contributed by atoms with Gasteiger partial charge in [0, 0.05) is 19.1 Å². The van der Waals surface area contributed by atoms with E-state index in [0.29, 0.717) is 0 Å². The molecule has 0 spiro atoms. The Morgan fingerprint density at radius 3 is 2.64 bits per heavy atom. The third-order valence-electron chi connectivity index (χ3n) is 3.79. The summed E-state index contributed by atoms with van der Waals surface area (Å²) in [6.45, 7) is 8.75. The van der Waals surface area contributed by atoms with Crippen molar-refractivity contribution in [1.29, 1.82) is 0 Å². The first kappa shape index (κ1) is 16.8. The number of nitrogens with zero attached hydrogens (tertiary/aromatic N) is 1. The molecule has 22 heavy (non-hydrogen) atoms. The fraction of sp³-hybridized carbons (Fsp3) is 0.611. The maximum absolute atomic E-state index is 11.9. The zero-order chi connectivity index (χ0) is 16.0. The van der Waals surface area contributed by atoms with Gasteiger partial charge in [-0.15, -0.1) is 0 Å². The van der Waals surface area contributed by atoms with Crippen molar-refractivity contribution in [3.05, 3.63) is 35.9 Å². The number of rotatable bonds is 3. The van der Waals surface area contributed by atoms with Gasteiger partial charge in [0.1, 0.15) is 5.60 Å². The summed E-state index contributed by atoms with van der Waals surface area (Å²) < 4.78 is 5.34. The van der Waals surface area contributed by atoms with Crippen molar-refractivity contribution in [3.63, 3.8) is 0 Å². The topological polar surface area (TPSA) is 41.6 Å². The largest absolute Gasteiger partial charge is 0.444 e. The van der Waals surface area contributed by atoms with Crippen molar-refractivity contribution < 1.29 is 9.53 Å². The summed E-state index contributed by atoms with van der Waals surface area (Å²) in [5.41, 5.74) is 0.912. The van der Waals surface area contributed by atoms with Crippen LogP contribution in [0.5, 0.6) is 0 Å². The molecule has 1 aromatic carbocycles. The van der Waals surface area contributed by atoms with Crippen molar-refractivity contribution in [2.24, 2.45) is 0 Å². The van der Waals surface area contributed by atoms with Gasteiger partial charge < -0.3 is 10.1 Å². The normalized spacial score (nSPS) is 20.2. The van der Waals surface area contributed by atoms with Crippen LogP contribution >= 0.6 is 0 Å². The second-order valence-corrected chi connectivity index (χ2v) is 7.04. The van der Waals surface area contributed by atoms with E-state index in [9.17, 15) is 4.79 Å². The van der Waals surface area contributed by atoms with Gasteiger partial charge in [-0.05, 0) is 52.1 Å². The van der Waals surface area contributed by atoms with E-state index >= 15 is 0 Å². The Balaban J connectivity index is 1.79. The van der Waals surface area contributed by atoms with E-state index < -0.39 is 5.60 Å². The summed E-state index contributed by atoms with van der Waals surface area (Å²) >= 11 is 0. The van der Waals surface area contributed by atoms with Crippen LogP contribution in [-0.4, -0.2) is 35.7 Å². The van der Waals surface area contributed by atoms with Crippen LogP contribution in [0.1, 0.15) is 45.6 Å². The van der Waals surface area contributed by atoms with Crippen LogP contribution in [0, 0.1) is 0 Å². The molecule has 4 nitrogen and oxygen atoms in total. The zero-order valence-electron chi connectivity index (χ0n) is 14.0. The fourth-order valence-electron chi connectivity index (χ4n) is 2.77. The number of hydrogen-bond acceptors (Lipinski definition) is 3. The lowest BCUT2D eigenvalue weighted by Crippen LogP contribution is -2.39. The summed E-state index contributed by atoms with van der Waals surface area (Å²) in [5, 5.41) is 3.01. The molecule has 0 aliphatic carbocycles. The maximum Gasteiger partial charge on any atom is 0.407 e. The molecule has 122 valence electrons. The average molecular weight is 304 g/mol. The quantitative estimate of drug-likeness (QED) is 0.928. The minimum absolute atomic E-state index is 0.218. The first-order valence-corrected chi connectivity index (χ1v) is 8.18. The van der Waals surface area contributed by atoms with Gasteiger partial charge in [-0.25, -0.2) is 4.79 Å². The molecule has 0 aromatic heterocycles. The summed E-state index contributed by atoms with van der Waals surface area (Å²) in [5.74, 6) is 0. The van der Waals surface area contributed by atoms with Crippen molar-refractivity contribution in [2.75, 3.05) is 13.1 Å². The molecular weight excluding hydrogens is 276 g/mol. The molecule has 1 atom stereocenters. The Labute approximate surface area is 133 Å². The van der Waals surface area contributed by atoms with E-state index in [1.165, 1.54) is 5.56 Å². The third kappa shape index (κ3) is 6.06. The van der Waals surface area contributed by atoms with Gasteiger partial charge in [-0.2, -0.15) is 0 Å². The molecule has 0 saturated carbocycles. The fourth-order valence-corrected chi connectivity index (χ4v) is 2.77. The lowest BCUT2D eigenvalue weighted by molar-refractivity contribution is 0.0500. The molecule has 1 unspecified atom stereocenters. The van der Waals surface area contributed by atoms with Crippen LogP contribution in [-0.2, 0) is 11.3 Å². The molecule has 0 radical (unpaired) electrons. The van der Waals surface area contributed by atoms with Gasteiger partial charge in [0.15, 0.2) is 0 Å².